The zero-order chi connectivity index (χ0) is 13.7. The van der Waals surface area contributed by atoms with E-state index in [4.69, 9.17) is 4.74 Å². The molecule has 0 aliphatic heterocycles. The van der Waals surface area contributed by atoms with Crippen LogP contribution >= 0.6 is 0 Å². The third-order valence-electron chi connectivity index (χ3n) is 2.42. The van der Waals surface area contributed by atoms with Gasteiger partial charge in [-0.25, -0.2) is 4.21 Å². The molecule has 1 unspecified atom stereocenters. The van der Waals surface area contributed by atoms with Crippen LogP contribution < -0.4 is 4.74 Å². The van der Waals surface area contributed by atoms with Crippen molar-refractivity contribution in [2.45, 2.75) is 16.7 Å². The summed E-state index contributed by atoms with van der Waals surface area (Å²) in [5.74, 6) is 0.506. The third-order valence-corrected chi connectivity index (χ3v) is 3.80. The summed E-state index contributed by atoms with van der Waals surface area (Å²) in [6.07, 6.45) is 0. The van der Waals surface area contributed by atoms with Gasteiger partial charge in [-0.15, -0.1) is 0 Å². The molecule has 0 aliphatic rings. The second-order valence-electron chi connectivity index (χ2n) is 4.05. The molecule has 19 heavy (non-hydrogen) atoms. The van der Waals surface area contributed by atoms with E-state index in [0.717, 1.165) is 4.90 Å². The van der Waals surface area contributed by atoms with Crippen molar-refractivity contribution in [1.29, 1.82) is 0 Å². The summed E-state index contributed by atoms with van der Waals surface area (Å²) < 4.78 is 17.6. The minimum absolute atomic E-state index is 0.0292. The number of carbonyl (C=O) groups is 1. The van der Waals surface area contributed by atoms with Gasteiger partial charge in [0.25, 0.3) is 0 Å². The number of rotatable bonds is 5. The van der Waals surface area contributed by atoms with E-state index in [1.807, 2.05) is 30.3 Å². The molecule has 0 N–H and O–H groups in total. The first kappa shape index (κ1) is 13.5. The number of benzene rings is 2. The zero-order valence-electron chi connectivity index (χ0n) is 10.5. The minimum atomic E-state index is -1.24. The predicted molar refractivity (Wildman–Crippen MR) is 73.7 cm³/mol. The van der Waals surface area contributed by atoms with E-state index in [2.05, 4.69) is 0 Å². The van der Waals surface area contributed by atoms with Crippen molar-refractivity contribution in [3.8, 4) is 5.75 Å². The molecule has 98 valence electrons. The molecule has 3 nitrogen and oxygen atoms in total. The van der Waals surface area contributed by atoms with E-state index in [0.29, 0.717) is 10.6 Å². The first-order valence-electron chi connectivity index (χ1n) is 5.86. The second-order valence-corrected chi connectivity index (χ2v) is 5.53. The molecule has 0 aliphatic carbocycles. The van der Waals surface area contributed by atoms with Crippen molar-refractivity contribution >= 4 is 16.6 Å². The Hall–Kier alpha value is -1.94. The van der Waals surface area contributed by atoms with Crippen LogP contribution in [0.15, 0.2) is 64.4 Å². The highest BCUT2D eigenvalue weighted by atomic mass is 32.2. The molecular formula is C15H14O3S. The van der Waals surface area contributed by atoms with Gasteiger partial charge in [-0.2, -0.15) is 0 Å². The Morgan fingerprint density at radius 3 is 2.42 bits per heavy atom. The van der Waals surface area contributed by atoms with Crippen LogP contribution in [-0.4, -0.2) is 16.6 Å². The maximum atomic E-state index is 12.3. The largest absolute Gasteiger partial charge is 0.486 e. The number of hydrogen-bond donors (Lipinski definition) is 0. The lowest BCUT2D eigenvalue weighted by atomic mass is 10.3. The molecule has 0 spiro atoms. The summed E-state index contributed by atoms with van der Waals surface area (Å²) in [5.41, 5.74) is 0. The van der Waals surface area contributed by atoms with Gasteiger partial charge in [0.2, 0.25) is 0 Å². The highest BCUT2D eigenvalue weighted by Crippen LogP contribution is 2.20. The lowest BCUT2D eigenvalue weighted by Crippen LogP contribution is -2.06. The quantitative estimate of drug-likeness (QED) is 0.842. The monoisotopic (exact) mass is 274 g/mol. The number of carbonyl (C=O) groups excluding carboxylic acids is 1. The lowest BCUT2D eigenvalue weighted by molar-refractivity contribution is -0.118. The van der Waals surface area contributed by atoms with Crippen molar-refractivity contribution in [2.24, 2.45) is 0 Å². The van der Waals surface area contributed by atoms with Crippen LogP contribution in [0.1, 0.15) is 6.92 Å². The van der Waals surface area contributed by atoms with E-state index < -0.39 is 10.8 Å². The standard InChI is InChI=1S/C15H14O3S/c1-12(16)11-18-13-6-5-9-15(10-13)19(17)14-7-3-2-4-8-14/h2-10H,11H2,1H3. The molecule has 4 heteroatoms. The fraction of sp³-hybridized carbons (Fsp3) is 0.133. The Labute approximate surface area is 114 Å². The van der Waals surface area contributed by atoms with Gasteiger partial charge in [0, 0.05) is 9.79 Å². The fourth-order valence-corrected chi connectivity index (χ4v) is 2.65. The van der Waals surface area contributed by atoms with Gasteiger partial charge in [0.15, 0.2) is 5.78 Å². The fourth-order valence-electron chi connectivity index (χ4n) is 1.54. The van der Waals surface area contributed by atoms with E-state index in [9.17, 15) is 9.00 Å². The Kier molecular flexibility index (Phi) is 4.47. The number of ketones is 1. The Morgan fingerprint density at radius 2 is 1.74 bits per heavy atom. The maximum absolute atomic E-state index is 12.3. The van der Waals surface area contributed by atoms with E-state index in [-0.39, 0.29) is 12.4 Å². The zero-order valence-corrected chi connectivity index (χ0v) is 11.4. The highest BCUT2D eigenvalue weighted by molar-refractivity contribution is 7.85. The Morgan fingerprint density at radius 1 is 1.05 bits per heavy atom. The molecule has 0 amide bonds. The molecule has 0 saturated carbocycles. The highest BCUT2D eigenvalue weighted by Gasteiger charge is 2.07. The SMILES string of the molecule is CC(=O)COc1cccc(S(=O)c2ccccc2)c1. The number of ether oxygens (including phenoxy) is 1. The van der Waals surface area contributed by atoms with Crippen LogP contribution in [0.3, 0.4) is 0 Å². The molecular weight excluding hydrogens is 260 g/mol. The van der Waals surface area contributed by atoms with Gasteiger partial charge in [-0.3, -0.25) is 4.79 Å². The molecule has 2 aromatic rings. The van der Waals surface area contributed by atoms with Crippen LogP contribution in [0.4, 0.5) is 0 Å². The van der Waals surface area contributed by atoms with E-state index >= 15 is 0 Å². The molecule has 0 bridgehead atoms. The molecule has 2 rings (SSSR count). The topological polar surface area (TPSA) is 43.4 Å². The number of Topliss-reactive ketones (excluding diaryl/α,β-unsaturated/α-hetero) is 1. The van der Waals surface area contributed by atoms with Gasteiger partial charge in [-0.1, -0.05) is 24.3 Å². The molecule has 2 aromatic carbocycles. The Balaban J connectivity index is 2.19. The predicted octanol–water partition coefficient (Wildman–Crippen LogP) is 2.82. The third kappa shape index (κ3) is 3.76. The summed E-state index contributed by atoms with van der Waals surface area (Å²) in [4.78, 5) is 12.3. The molecule has 0 heterocycles. The van der Waals surface area contributed by atoms with Crippen LogP contribution in [0.25, 0.3) is 0 Å². The van der Waals surface area contributed by atoms with Crippen molar-refractivity contribution in [3.05, 3.63) is 54.6 Å². The van der Waals surface area contributed by atoms with Crippen molar-refractivity contribution < 1.29 is 13.7 Å². The average Bonchev–Trinajstić information content (AvgIpc) is 2.45. The average molecular weight is 274 g/mol. The van der Waals surface area contributed by atoms with Crippen LogP contribution in [-0.2, 0) is 15.6 Å². The maximum Gasteiger partial charge on any atom is 0.167 e. The Bertz CT molecular complexity index is 593. The summed E-state index contributed by atoms with van der Waals surface area (Å²) in [6, 6.07) is 16.2. The summed E-state index contributed by atoms with van der Waals surface area (Å²) in [6.45, 7) is 1.49. The van der Waals surface area contributed by atoms with Gasteiger partial charge in [0.05, 0.1) is 10.8 Å². The molecule has 1 atom stereocenters. The van der Waals surface area contributed by atoms with Crippen molar-refractivity contribution in [2.75, 3.05) is 6.61 Å². The van der Waals surface area contributed by atoms with E-state index in [1.54, 1.807) is 24.3 Å². The van der Waals surface area contributed by atoms with E-state index in [1.165, 1.54) is 6.92 Å². The van der Waals surface area contributed by atoms with Gasteiger partial charge in [-0.05, 0) is 37.3 Å². The first-order valence-corrected chi connectivity index (χ1v) is 7.01. The van der Waals surface area contributed by atoms with Gasteiger partial charge >= 0.3 is 0 Å². The molecule has 0 radical (unpaired) electrons. The smallest absolute Gasteiger partial charge is 0.167 e. The van der Waals surface area contributed by atoms with Crippen molar-refractivity contribution in [1.82, 2.24) is 0 Å². The summed E-state index contributed by atoms with van der Waals surface area (Å²) in [7, 11) is -1.24. The van der Waals surface area contributed by atoms with Crippen LogP contribution in [0.5, 0.6) is 5.75 Å². The summed E-state index contributed by atoms with van der Waals surface area (Å²) >= 11 is 0. The number of hydrogen-bond acceptors (Lipinski definition) is 3. The summed E-state index contributed by atoms with van der Waals surface area (Å²) in [5, 5.41) is 0. The van der Waals surface area contributed by atoms with Gasteiger partial charge < -0.3 is 4.74 Å². The van der Waals surface area contributed by atoms with Crippen molar-refractivity contribution in [3.63, 3.8) is 0 Å². The minimum Gasteiger partial charge on any atom is -0.486 e. The lowest BCUT2D eigenvalue weighted by Gasteiger charge is -2.06. The molecule has 0 fully saturated rings. The normalized spacial score (nSPS) is 11.8. The van der Waals surface area contributed by atoms with Crippen LogP contribution in [0, 0.1) is 0 Å². The second kappa shape index (κ2) is 6.29. The first-order chi connectivity index (χ1) is 9.16. The van der Waals surface area contributed by atoms with Crippen LogP contribution in [0.2, 0.25) is 0 Å². The van der Waals surface area contributed by atoms with Gasteiger partial charge in [0.1, 0.15) is 12.4 Å². The molecule has 0 saturated heterocycles. The molecule has 0 aromatic heterocycles.